The molecule has 1 aliphatic rings. The van der Waals surface area contributed by atoms with Crippen LogP contribution in [0.1, 0.15) is 33.1 Å². The molecule has 0 aliphatic heterocycles. The molecule has 1 aromatic carbocycles. The van der Waals surface area contributed by atoms with Crippen LogP contribution in [0.15, 0.2) is 43.0 Å². The Morgan fingerprint density at radius 2 is 2.15 bits per heavy atom. The van der Waals surface area contributed by atoms with E-state index < -0.39 is 0 Å². The van der Waals surface area contributed by atoms with E-state index in [1.165, 1.54) is 24.9 Å². The quantitative estimate of drug-likeness (QED) is 0.908. The molecule has 1 aromatic heterocycles. The van der Waals surface area contributed by atoms with Crippen LogP contribution in [0.5, 0.6) is 0 Å². The number of imidazole rings is 1. The minimum absolute atomic E-state index is 0.594. The standard InChI is InChI=1S/C17H23N3/c1-13-5-3-8-17(14(13)2)19-15-6-4-7-16(11-15)20-10-9-18-12-20/h4,6-7,9-14,17,19H,3,5,8H2,1-2H3. The van der Waals surface area contributed by atoms with E-state index in [0.29, 0.717) is 6.04 Å². The highest BCUT2D eigenvalue weighted by Crippen LogP contribution is 2.31. The van der Waals surface area contributed by atoms with Crippen LogP contribution in [0.3, 0.4) is 0 Å². The fourth-order valence-electron chi connectivity index (χ4n) is 3.17. The predicted octanol–water partition coefficient (Wildman–Crippen LogP) is 4.11. The van der Waals surface area contributed by atoms with Gasteiger partial charge in [0.05, 0.1) is 6.33 Å². The number of aromatic nitrogens is 2. The lowest BCUT2D eigenvalue weighted by Gasteiger charge is -2.35. The molecule has 0 amide bonds. The first kappa shape index (κ1) is 13.2. The van der Waals surface area contributed by atoms with Gasteiger partial charge in [0.25, 0.3) is 0 Å². The molecule has 1 heterocycles. The first-order valence-electron chi connectivity index (χ1n) is 7.59. The second-order valence-corrected chi connectivity index (χ2v) is 6.04. The van der Waals surface area contributed by atoms with Crippen LogP contribution in [0.4, 0.5) is 5.69 Å². The van der Waals surface area contributed by atoms with Crippen LogP contribution in [0.2, 0.25) is 0 Å². The lowest BCUT2D eigenvalue weighted by atomic mass is 9.78. The van der Waals surface area contributed by atoms with Crippen molar-refractivity contribution in [2.75, 3.05) is 5.32 Å². The summed E-state index contributed by atoms with van der Waals surface area (Å²) in [7, 11) is 0. The molecule has 3 rings (SSSR count). The molecule has 0 radical (unpaired) electrons. The van der Waals surface area contributed by atoms with Gasteiger partial charge >= 0.3 is 0 Å². The summed E-state index contributed by atoms with van der Waals surface area (Å²) in [5, 5.41) is 3.73. The average molecular weight is 269 g/mol. The van der Waals surface area contributed by atoms with Crippen molar-refractivity contribution in [1.29, 1.82) is 0 Å². The number of benzene rings is 1. The third-order valence-electron chi connectivity index (χ3n) is 4.71. The van der Waals surface area contributed by atoms with E-state index in [4.69, 9.17) is 0 Å². The zero-order valence-corrected chi connectivity index (χ0v) is 12.3. The fourth-order valence-corrected chi connectivity index (χ4v) is 3.17. The fraction of sp³-hybridized carbons (Fsp3) is 0.471. The van der Waals surface area contributed by atoms with E-state index in [1.54, 1.807) is 0 Å². The average Bonchev–Trinajstić information content (AvgIpc) is 2.98. The van der Waals surface area contributed by atoms with E-state index in [-0.39, 0.29) is 0 Å². The summed E-state index contributed by atoms with van der Waals surface area (Å²) in [6.45, 7) is 4.75. The van der Waals surface area contributed by atoms with Gasteiger partial charge in [-0.15, -0.1) is 0 Å². The van der Waals surface area contributed by atoms with Crippen LogP contribution in [0, 0.1) is 11.8 Å². The van der Waals surface area contributed by atoms with Gasteiger partial charge in [0.2, 0.25) is 0 Å². The Balaban J connectivity index is 1.76. The maximum atomic E-state index is 4.11. The maximum absolute atomic E-state index is 4.11. The third kappa shape index (κ3) is 2.72. The van der Waals surface area contributed by atoms with Crippen LogP contribution < -0.4 is 5.32 Å². The van der Waals surface area contributed by atoms with Crippen molar-refractivity contribution >= 4 is 5.69 Å². The zero-order chi connectivity index (χ0) is 13.9. The van der Waals surface area contributed by atoms with E-state index >= 15 is 0 Å². The van der Waals surface area contributed by atoms with Crippen molar-refractivity contribution < 1.29 is 0 Å². The molecular formula is C17H23N3. The van der Waals surface area contributed by atoms with Crippen LogP contribution in [0.25, 0.3) is 5.69 Å². The lowest BCUT2D eigenvalue weighted by Crippen LogP contribution is -2.34. The second-order valence-electron chi connectivity index (χ2n) is 6.04. The van der Waals surface area contributed by atoms with Crippen molar-refractivity contribution in [3.05, 3.63) is 43.0 Å². The number of hydrogen-bond donors (Lipinski definition) is 1. The molecule has 1 saturated carbocycles. The SMILES string of the molecule is CC1CCCC(Nc2cccc(-n3ccnc3)c2)C1C. The monoisotopic (exact) mass is 269 g/mol. The van der Waals surface area contributed by atoms with Gasteiger partial charge in [-0.1, -0.05) is 32.8 Å². The van der Waals surface area contributed by atoms with Gasteiger partial charge in [-0.3, -0.25) is 0 Å². The first-order valence-corrected chi connectivity index (χ1v) is 7.59. The van der Waals surface area contributed by atoms with Crippen LogP contribution >= 0.6 is 0 Å². The second kappa shape index (κ2) is 5.70. The summed E-state index contributed by atoms with van der Waals surface area (Å²) in [5.74, 6) is 1.55. The highest BCUT2D eigenvalue weighted by Gasteiger charge is 2.26. The van der Waals surface area contributed by atoms with E-state index in [1.807, 2.05) is 23.3 Å². The number of nitrogens with one attached hydrogen (secondary N) is 1. The Labute approximate surface area is 121 Å². The summed E-state index contributed by atoms with van der Waals surface area (Å²) in [4.78, 5) is 4.11. The van der Waals surface area contributed by atoms with Gasteiger partial charge < -0.3 is 9.88 Å². The molecule has 1 fully saturated rings. The van der Waals surface area contributed by atoms with Gasteiger partial charge in [0.15, 0.2) is 0 Å². The Morgan fingerprint density at radius 3 is 2.95 bits per heavy atom. The lowest BCUT2D eigenvalue weighted by molar-refractivity contribution is 0.253. The molecule has 106 valence electrons. The first-order chi connectivity index (χ1) is 9.74. The van der Waals surface area contributed by atoms with Gasteiger partial charge in [-0.05, 0) is 36.5 Å². The summed E-state index contributed by atoms with van der Waals surface area (Å²) >= 11 is 0. The summed E-state index contributed by atoms with van der Waals surface area (Å²) < 4.78 is 2.04. The van der Waals surface area contributed by atoms with Crippen LogP contribution in [-0.2, 0) is 0 Å². The van der Waals surface area contributed by atoms with Crippen molar-refractivity contribution in [3.8, 4) is 5.69 Å². The van der Waals surface area contributed by atoms with Crippen LogP contribution in [-0.4, -0.2) is 15.6 Å². The van der Waals surface area contributed by atoms with Crippen molar-refractivity contribution in [1.82, 2.24) is 9.55 Å². The van der Waals surface area contributed by atoms with E-state index in [9.17, 15) is 0 Å². The topological polar surface area (TPSA) is 29.9 Å². The van der Waals surface area contributed by atoms with E-state index in [2.05, 4.69) is 48.4 Å². The number of rotatable bonds is 3. The largest absolute Gasteiger partial charge is 0.382 e. The van der Waals surface area contributed by atoms with Crippen molar-refractivity contribution in [3.63, 3.8) is 0 Å². The highest BCUT2D eigenvalue weighted by atomic mass is 15.0. The molecule has 2 aromatic rings. The van der Waals surface area contributed by atoms with Gasteiger partial charge in [0, 0.05) is 29.8 Å². The van der Waals surface area contributed by atoms with E-state index in [0.717, 1.165) is 17.5 Å². The molecule has 3 atom stereocenters. The Morgan fingerprint density at radius 1 is 1.25 bits per heavy atom. The molecule has 0 saturated heterocycles. The number of nitrogens with zero attached hydrogens (tertiary/aromatic N) is 2. The molecule has 0 bridgehead atoms. The Bertz CT molecular complexity index is 547. The highest BCUT2D eigenvalue weighted by molar-refractivity contribution is 5.51. The van der Waals surface area contributed by atoms with Crippen molar-refractivity contribution in [2.24, 2.45) is 11.8 Å². The summed E-state index contributed by atoms with van der Waals surface area (Å²) in [6.07, 6.45) is 9.61. The Kier molecular flexibility index (Phi) is 3.77. The molecule has 1 N–H and O–H groups in total. The molecule has 1 aliphatic carbocycles. The minimum Gasteiger partial charge on any atom is -0.382 e. The molecule has 0 spiro atoms. The number of hydrogen-bond acceptors (Lipinski definition) is 2. The zero-order valence-electron chi connectivity index (χ0n) is 12.3. The normalized spacial score (nSPS) is 26.4. The Hall–Kier alpha value is -1.77. The summed E-state index contributed by atoms with van der Waals surface area (Å²) in [5.41, 5.74) is 2.37. The minimum atomic E-state index is 0.594. The third-order valence-corrected chi connectivity index (χ3v) is 4.71. The molecule has 3 heteroatoms. The van der Waals surface area contributed by atoms with Gasteiger partial charge in [-0.2, -0.15) is 0 Å². The number of anilines is 1. The molecule has 3 nitrogen and oxygen atoms in total. The maximum Gasteiger partial charge on any atom is 0.0991 e. The predicted molar refractivity (Wildman–Crippen MR) is 83.2 cm³/mol. The molecule has 3 unspecified atom stereocenters. The smallest absolute Gasteiger partial charge is 0.0991 e. The molecule has 20 heavy (non-hydrogen) atoms. The summed E-state index contributed by atoms with van der Waals surface area (Å²) in [6, 6.07) is 9.17. The van der Waals surface area contributed by atoms with Gasteiger partial charge in [0.1, 0.15) is 0 Å². The van der Waals surface area contributed by atoms with Crippen molar-refractivity contribution in [2.45, 2.75) is 39.2 Å². The molecular weight excluding hydrogens is 246 g/mol. The van der Waals surface area contributed by atoms with Gasteiger partial charge in [-0.25, -0.2) is 4.98 Å².